The van der Waals surface area contributed by atoms with E-state index in [4.69, 9.17) is 0 Å². The third-order valence-corrected chi connectivity index (χ3v) is 3.57. The van der Waals surface area contributed by atoms with Crippen LogP contribution in [0.3, 0.4) is 0 Å². The highest BCUT2D eigenvalue weighted by atomic mass is 15.3. The predicted molar refractivity (Wildman–Crippen MR) is 76.1 cm³/mol. The van der Waals surface area contributed by atoms with Gasteiger partial charge in [-0.15, -0.1) is 10.2 Å². The molecule has 1 atom stereocenters. The number of aromatic nitrogens is 3. The lowest BCUT2D eigenvalue weighted by atomic mass is 10.2. The molecule has 0 spiro atoms. The van der Waals surface area contributed by atoms with Gasteiger partial charge in [-0.2, -0.15) is 0 Å². The summed E-state index contributed by atoms with van der Waals surface area (Å²) in [6.45, 7) is 2.12. The van der Waals surface area contributed by atoms with Crippen LogP contribution >= 0.6 is 0 Å². The summed E-state index contributed by atoms with van der Waals surface area (Å²) in [7, 11) is 2.07. The second kappa shape index (κ2) is 5.40. The number of H-pyrrole nitrogens is 1. The summed E-state index contributed by atoms with van der Waals surface area (Å²) in [5, 5.41) is 12.1. The van der Waals surface area contributed by atoms with E-state index >= 15 is 0 Å². The third-order valence-electron chi connectivity index (χ3n) is 3.57. The van der Waals surface area contributed by atoms with Crippen molar-refractivity contribution in [2.75, 3.05) is 25.0 Å². The summed E-state index contributed by atoms with van der Waals surface area (Å²) >= 11 is 0. The molecule has 0 radical (unpaired) electrons. The number of likely N-dealkylation sites (N-methyl/N-ethyl adjacent to an activating group) is 1. The topological polar surface area (TPSA) is 56.8 Å². The Morgan fingerprint density at radius 3 is 2.89 bits per heavy atom. The Labute approximate surface area is 113 Å². The molecule has 3 heterocycles. The average molecular weight is 257 g/mol. The molecule has 100 valence electrons. The van der Waals surface area contributed by atoms with Gasteiger partial charge in [0.25, 0.3) is 0 Å². The first kappa shape index (κ1) is 12.2. The molecule has 0 amide bonds. The molecule has 19 heavy (non-hydrogen) atoms. The smallest absolute Gasteiger partial charge is 0.151 e. The van der Waals surface area contributed by atoms with E-state index in [1.165, 1.54) is 12.8 Å². The predicted octanol–water partition coefficient (Wildman–Crippen LogP) is 1.66. The van der Waals surface area contributed by atoms with E-state index in [0.29, 0.717) is 6.04 Å². The Morgan fingerprint density at radius 2 is 2.26 bits per heavy atom. The second-order valence-corrected chi connectivity index (χ2v) is 5.03. The van der Waals surface area contributed by atoms with Crippen molar-refractivity contribution in [2.45, 2.75) is 18.9 Å². The van der Waals surface area contributed by atoms with Gasteiger partial charge in [-0.05, 0) is 43.7 Å². The third kappa shape index (κ3) is 2.76. The van der Waals surface area contributed by atoms with Crippen molar-refractivity contribution in [3.63, 3.8) is 0 Å². The normalized spacial score (nSPS) is 18.7. The average Bonchev–Trinajstić information content (AvgIpc) is 3.12. The van der Waals surface area contributed by atoms with E-state index in [1.54, 1.807) is 0 Å². The molecule has 1 aliphatic rings. The molecule has 0 aromatic carbocycles. The summed E-state index contributed by atoms with van der Waals surface area (Å²) in [5.74, 6) is 0.920. The summed E-state index contributed by atoms with van der Waals surface area (Å²) < 4.78 is 0. The largest absolute Gasteiger partial charge is 0.360 e. The van der Waals surface area contributed by atoms with E-state index in [0.717, 1.165) is 30.3 Å². The fourth-order valence-corrected chi connectivity index (χ4v) is 2.50. The van der Waals surface area contributed by atoms with E-state index in [9.17, 15) is 0 Å². The molecule has 1 saturated heterocycles. The lowest BCUT2D eigenvalue weighted by Crippen LogP contribution is -2.35. The minimum Gasteiger partial charge on any atom is -0.360 e. The van der Waals surface area contributed by atoms with Crippen LogP contribution in [0.15, 0.2) is 30.5 Å². The van der Waals surface area contributed by atoms with Gasteiger partial charge in [0, 0.05) is 25.8 Å². The first-order valence-electron chi connectivity index (χ1n) is 6.75. The highest BCUT2D eigenvalue weighted by Crippen LogP contribution is 2.16. The van der Waals surface area contributed by atoms with Crippen LogP contribution in [0, 0.1) is 0 Å². The summed E-state index contributed by atoms with van der Waals surface area (Å²) in [4.78, 5) is 5.30. The second-order valence-electron chi connectivity index (χ2n) is 5.03. The SMILES string of the molecule is CN(CC1CCCN1)c1ccc(-c2ccc[nH]2)nn1. The van der Waals surface area contributed by atoms with E-state index in [2.05, 4.69) is 32.4 Å². The summed E-state index contributed by atoms with van der Waals surface area (Å²) in [5.41, 5.74) is 1.88. The van der Waals surface area contributed by atoms with Crippen LogP contribution in [0.1, 0.15) is 12.8 Å². The Bertz CT molecular complexity index is 499. The maximum atomic E-state index is 4.30. The van der Waals surface area contributed by atoms with Crippen molar-refractivity contribution in [1.29, 1.82) is 0 Å². The first-order valence-corrected chi connectivity index (χ1v) is 6.75. The van der Waals surface area contributed by atoms with Gasteiger partial charge >= 0.3 is 0 Å². The Balaban J connectivity index is 1.67. The number of nitrogens with zero attached hydrogens (tertiary/aromatic N) is 3. The van der Waals surface area contributed by atoms with Gasteiger partial charge in [-0.25, -0.2) is 0 Å². The Kier molecular flexibility index (Phi) is 3.46. The molecule has 0 saturated carbocycles. The molecule has 2 aromatic rings. The van der Waals surface area contributed by atoms with Gasteiger partial charge in [0.15, 0.2) is 5.82 Å². The maximum Gasteiger partial charge on any atom is 0.151 e. The molecule has 0 bridgehead atoms. The van der Waals surface area contributed by atoms with Gasteiger partial charge in [-0.1, -0.05) is 0 Å². The van der Waals surface area contributed by atoms with Crippen LogP contribution in [0.4, 0.5) is 5.82 Å². The first-order chi connectivity index (χ1) is 9.33. The van der Waals surface area contributed by atoms with Crippen LogP contribution in [0.5, 0.6) is 0 Å². The van der Waals surface area contributed by atoms with Crippen molar-refractivity contribution in [3.05, 3.63) is 30.5 Å². The molecule has 5 nitrogen and oxygen atoms in total. The van der Waals surface area contributed by atoms with Crippen molar-refractivity contribution < 1.29 is 0 Å². The monoisotopic (exact) mass is 257 g/mol. The molecule has 1 aliphatic heterocycles. The van der Waals surface area contributed by atoms with Crippen molar-refractivity contribution in [2.24, 2.45) is 0 Å². The van der Waals surface area contributed by atoms with E-state index in [-0.39, 0.29) is 0 Å². The maximum absolute atomic E-state index is 4.30. The Morgan fingerprint density at radius 1 is 1.32 bits per heavy atom. The zero-order valence-corrected chi connectivity index (χ0v) is 11.1. The number of rotatable bonds is 4. The summed E-state index contributed by atoms with van der Waals surface area (Å²) in [6, 6.07) is 8.57. The van der Waals surface area contributed by atoms with Crippen molar-refractivity contribution >= 4 is 5.82 Å². The van der Waals surface area contributed by atoms with Crippen LogP contribution in [-0.2, 0) is 0 Å². The van der Waals surface area contributed by atoms with Gasteiger partial charge in [0.05, 0.1) is 5.69 Å². The van der Waals surface area contributed by atoms with Crippen LogP contribution in [-0.4, -0.2) is 41.4 Å². The van der Waals surface area contributed by atoms with Crippen LogP contribution < -0.4 is 10.2 Å². The number of nitrogens with one attached hydrogen (secondary N) is 2. The van der Waals surface area contributed by atoms with Gasteiger partial charge in [0.2, 0.25) is 0 Å². The minimum atomic E-state index is 0.579. The molecule has 3 rings (SSSR count). The molecule has 2 aromatic heterocycles. The summed E-state index contributed by atoms with van der Waals surface area (Å²) in [6.07, 6.45) is 4.41. The number of anilines is 1. The van der Waals surface area contributed by atoms with Crippen LogP contribution in [0.2, 0.25) is 0 Å². The lowest BCUT2D eigenvalue weighted by molar-refractivity contribution is 0.596. The molecular weight excluding hydrogens is 238 g/mol. The quantitative estimate of drug-likeness (QED) is 0.874. The Hall–Kier alpha value is -1.88. The van der Waals surface area contributed by atoms with Crippen LogP contribution in [0.25, 0.3) is 11.4 Å². The van der Waals surface area contributed by atoms with E-state index in [1.807, 2.05) is 30.5 Å². The molecule has 0 aliphatic carbocycles. The van der Waals surface area contributed by atoms with E-state index < -0.39 is 0 Å². The number of aromatic amines is 1. The van der Waals surface area contributed by atoms with Gasteiger partial charge < -0.3 is 15.2 Å². The molecular formula is C14H19N5. The lowest BCUT2D eigenvalue weighted by Gasteiger charge is -2.21. The van der Waals surface area contributed by atoms with Crippen molar-refractivity contribution in [1.82, 2.24) is 20.5 Å². The van der Waals surface area contributed by atoms with Gasteiger partial charge in [0.1, 0.15) is 5.69 Å². The zero-order chi connectivity index (χ0) is 13.1. The fourth-order valence-electron chi connectivity index (χ4n) is 2.50. The standard InChI is InChI=1S/C14H19N5/c1-19(10-11-4-2-8-15-11)14-7-6-13(17-18-14)12-5-3-9-16-12/h3,5-7,9,11,15-16H,2,4,8,10H2,1H3. The molecule has 5 heteroatoms. The molecule has 1 fully saturated rings. The molecule has 2 N–H and O–H groups in total. The van der Waals surface area contributed by atoms with Crippen molar-refractivity contribution in [3.8, 4) is 11.4 Å². The number of hydrogen-bond donors (Lipinski definition) is 2. The fraction of sp³-hybridized carbons (Fsp3) is 0.429. The minimum absolute atomic E-state index is 0.579. The van der Waals surface area contributed by atoms with Gasteiger partial charge in [-0.3, -0.25) is 0 Å². The highest BCUT2D eigenvalue weighted by Gasteiger charge is 2.16. The highest BCUT2D eigenvalue weighted by molar-refractivity contribution is 5.55. The zero-order valence-electron chi connectivity index (χ0n) is 11.1. The number of hydrogen-bond acceptors (Lipinski definition) is 4. The molecule has 1 unspecified atom stereocenters.